The summed E-state index contributed by atoms with van der Waals surface area (Å²) in [6, 6.07) is 0.357. The fraction of sp³-hybridized carbons (Fsp3) is 0.421. The number of amides is 2. The number of aliphatic hydroxyl groups is 1. The minimum atomic E-state index is -0.607. The number of hydrogen-bond donors (Lipinski definition) is 4. The lowest BCUT2D eigenvalue weighted by atomic mass is 9.77. The van der Waals surface area contributed by atoms with Crippen LogP contribution < -0.4 is 16.0 Å². The first-order chi connectivity index (χ1) is 23.6. The van der Waals surface area contributed by atoms with E-state index in [4.69, 9.17) is 21.3 Å². The summed E-state index contributed by atoms with van der Waals surface area (Å²) < 4.78 is 5.52. The molecule has 2 fully saturated rings. The monoisotopic (exact) mass is 688 g/mol. The molecule has 0 spiro atoms. The molecule has 0 radical (unpaired) electrons. The van der Waals surface area contributed by atoms with Crippen molar-refractivity contribution in [2.75, 3.05) is 33.3 Å². The van der Waals surface area contributed by atoms with E-state index in [1.54, 1.807) is 48.7 Å². The molecular formula is C38H49ClN6O4. The lowest BCUT2D eigenvalue weighted by molar-refractivity contribution is -0.130. The number of aliphatic imine (C=N–C) groups is 2. The number of carbonyl (C=O) groups is 2. The average Bonchev–Trinajstić information content (AvgIpc) is 3.48. The molecule has 0 bridgehead atoms. The Morgan fingerprint density at radius 1 is 1.24 bits per heavy atom. The van der Waals surface area contributed by atoms with Crippen LogP contribution >= 0.6 is 11.6 Å². The van der Waals surface area contributed by atoms with E-state index in [0.717, 1.165) is 29.0 Å². The third kappa shape index (κ3) is 10.7. The Labute approximate surface area is 295 Å². The largest absolute Gasteiger partial charge is 0.481 e. The lowest BCUT2D eigenvalue weighted by Gasteiger charge is -2.42. The zero-order valence-electron chi connectivity index (χ0n) is 28.5. The maximum Gasteiger partial charge on any atom is 0.238 e. The number of halogens is 1. The van der Waals surface area contributed by atoms with Gasteiger partial charge in [-0.1, -0.05) is 79.9 Å². The van der Waals surface area contributed by atoms with Crippen molar-refractivity contribution in [1.29, 1.82) is 0 Å². The number of amidine groups is 1. The van der Waals surface area contributed by atoms with Crippen LogP contribution in [0.25, 0.3) is 0 Å². The Hall–Kier alpha value is -4.09. The summed E-state index contributed by atoms with van der Waals surface area (Å²) in [6.07, 6.45) is 23.1. The first-order valence-corrected chi connectivity index (χ1v) is 17.1. The maximum absolute atomic E-state index is 13.2. The molecule has 2 amide bonds. The molecule has 1 aliphatic carbocycles. The van der Waals surface area contributed by atoms with Gasteiger partial charge < -0.3 is 25.8 Å². The summed E-state index contributed by atoms with van der Waals surface area (Å²) in [5.74, 6) is 0.980. The summed E-state index contributed by atoms with van der Waals surface area (Å²) in [4.78, 5) is 35.6. The van der Waals surface area contributed by atoms with Crippen molar-refractivity contribution in [3.8, 4) is 0 Å². The third-order valence-corrected chi connectivity index (χ3v) is 9.18. The van der Waals surface area contributed by atoms with Crippen molar-refractivity contribution >= 4 is 35.5 Å². The van der Waals surface area contributed by atoms with Gasteiger partial charge >= 0.3 is 0 Å². The van der Waals surface area contributed by atoms with Crippen molar-refractivity contribution in [2.24, 2.45) is 21.8 Å². The van der Waals surface area contributed by atoms with Crippen LogP contribution in [-0.2, 0) is 14.3 Å². The molecule has 49 heavy (non-hydrogen) atoms. The fourth-order valence-electron chi connectivity index (χ4n) is 6.26. The minimum Gasteiger partial charge on any atom is -0.481 e. The first kappa shape index (κ1) is 37.7. The van der Waals surface area contributed by atoms with Gasteiger partial charge in [-0.25, -0.2) is 4.99 Å². The number of allylic oxidation sites excluding steroid dienone is 11. The number of fused-ring (bicyclic) bond motifs is 1. The molecule has 1 saturated heterocycles. The van der Waals surface area contributed by atoms with Crippen LogP contribution in [0.1, 0.15) is 39.0 Å². The summed E-state index contributed by atoms with van der Waals surface area (Å²) in [6.45, 7) is 15.6. The van der Waals surface area contributed by atoms with Gasteiger partial charge in [0.05, 0.1) is 25.2 Å². The fourth-order valence-corrected chi connectivity index (χ4v) is 6.59. The lowest BCUT2D eigenvalue weighted by Crippen LogP contribution is -2.55. The van der Waals surface area contributed by atoms with E-state index >= 15 is 0 Å². The average molecular weight is 689 g/mol. The molecular weight excluding hydrogens is 640 g/mol. The van der Waals surface area contributed by atoms with Crippen molar-refractivity contribution in [1.82, 2.24) is 20.9 Å². The van der Waals surface area contributed by atoms with E-state index in [9.17, 15) is 14.7 Å². The van der Waals surface area contributed by atoms with Crippen molar-refractivity contribution in [2.45, 2.75) is 56.7 Å². The number of rotatable bonds is 17. The highest BCUT2D eigenvalue weighted by atomic mass is 35.5. The zero-order valence-corrected chi connectivity index (χ0v) is 29.3. The Bertz CT molecular complexity index is 1520. The molecule has 3 atom stereocenters. The number of methoxy groups -OCH3 is 1. The van der Waals surface area contributed by atoms with Gasteiger partial charge in [0.25, 0.3) is 0 Å². The SMILES string of the molecule is C=C/C=C(C(\Cl)=C\[C@H]1C=CN2C(=O)C(CN[C@H]3C[C@](C)(O)C3)CN=C2C1)/C(/C=C/C=N/C(OC)=C(\C=C)CNC[C@@H]1CCC(=O)N1)=C/C=C. The molecule has 4 rings (SSSR count). The van der Waals surface area contributed by atoms with Crippen LogP contribution in [0.3, 0.4) is 0 Å². The molecule has 0 aromatic heterocycles. The summed E-state index contributed by atoms with van der Waals surface area (Å²) >= 11 is 6.93. The molecule has 0 aromatic carbocycles. The second-order valence-corrected chi connectivity index (χ2v) is 13.3. The van der Waals surface area contributed by atoms with Gasteiger partial charge in [0, 0.05) is 73.5 Å². The number of nitrogens with one attached hydrogen (secondary N) is 3. The summed E-state index contributed by atoms with van der Waals surface area (Å²) in [5.41, 5.74) is 1.72. The van der Waals surface area contributed by atoms with Crippen LogP contribution in [0.4, 0.5) is 0 Å². The van der Waals surface area contributed by atoms with Crippen molar-refractivity contribution < 1.29 is 19.4 Å². The molecule has 262 valence electrons. The number of nitrogens with zero attached hydrogens (tertiary/aromatic N) is 3. The third-order valence-electron chi connectivity index (χ3n) is 8.85. The number of ether oxygens (including phenoxy) is 1. The van der Waals surface area contributed by atoms with Gasteiger partial charge in [-0.3, -0.25) is 19.5 Å². The summed E-state index contributed by atoms with van der Waals surface area (Å²) in [7, 11) is 1.56. The molecule has 10 nitrogen and oxygen atoms in total. The molecule has 1 unspecified atom stereocenters. The zero-order chi connectivity index (χ0) is 35.4. The second kappa shape index (κ2) is 18.1. The van der Waals surface area contributed by atoms with E-state index in [1.807, 2.05) is 37.3 Å². The van der Waals surface area contributed by atoms with Crippen molar-refractivity contribution in [3.05, 3.63) is 108 Å². The van der Waals surface area contributed by atoms with Crippen LogP contribution in [-0.4, -0.2) is 84.8 Å². The molecule has 1 saturated carbocycles. The molecule has 3 heterocycles. The van der Waals surface area contributed by atoms with Crippen molar-refractivity contribution in [3.63, 3.8) is 0 Å². The summed E-state index contributed by atoms with van der Waals surface area (Å²) in [5, 5.41) is 20.2. The molecule has 11 heteroatoms. The Morgan fingerprint density at radius 3 is 2.67 bits per heavy atom. The Kier molecular flexibility index (Phi) is 13.9. The minimum absolute atomic E-state index is 0.0330. The smallest absolute Gasteiger partial charge is 0.238 e. The van der Waals surface area contributed by atoms with Gasteiger partial charge in [-0.2, -0.15) is 0 Å². The molecule has 4 aliphatic rings. The molecule has 4 N–H and O–H groups in total. The van der Waals surface area contributed by atoms with E-state index < -0.39 is 5.60 Å². The van der Waals surface area contributed by atoms with Crippen LogP contribution in [0.5, 0.6) is 0 Å². The highest BCUT2D eigenvalue weighted by molar-refractivity contribution is 6.32. The molecule has 3 aliphatic heterocycles. The topological polar surface area (TPSA) is 128 Å². The first-order valence-electron chi connectivity index (χ1n) is 16.7. The van der Waals surface area contributed by atoms with E-state index in [0.29, 0.717) is 62.8 Å². The standard InChI is InChI=1S/C38H49ClN6O4/c1-6-10-28(12-9-16-41-36(49-5)27(8-3)22-40-25-30-13-14-35(46)44-30)32(11-7-2)33(39)18-26-15-17-45-34(19-26)43-24-29(37(45)47)23-42-31-20-38(4,48)21-31/h6-12,15-18,26,29-31,40,42,48H,1-3,13-14,19-25H2,4-5H3,(H,44,46)/b12-9+,28-10+,32-11-,33-18-,36-27-,41-16+/t26-,29?,30+,31-,38-/m1/s1. The Morgan fingerprint density at radius 2 is 2.02 bits per heavy atom. The predicted molar refractivity (Wildman–Crippen MR) is 198 cm³/mol. The number of hydrogen-bond acceptors (Lipinski definition) is 8. The second-order valence-electron chi connectivity index (χ2n) is 12.9. The van der Waals surface area contributed by atoms with E-state index in [1.165, 1.54) is 0 Å². The van der Waals surface area contributed by atoms with Crippen LogP contribution in [0.15, 0.2) is 118 Å². The Balaban J connectivity index is 1.38. The van der Waals surface area contributed by atoms with Gasteiger partial charge in [-0.05, 0) is 43.4 Å². The van der Waals surface area contributed by atoms with E-state index in [-0.39, 0.29) is 35.7 Å². The number of carbonyl (C=O) groups excluding carboxylic acids is 2. The normalized spacial score (nSPS) is 28.2. The van der Waals surface area contributed by atoms with E-state index in [2.05, 4.69) is 40.7 Å². The maximum atomic E-state index is 13.2. The van der Waals surface area contributed by atoms with Gasteiger partial charge in [0.2, 0.25) is 17.7 Å². The van der Waals surface area contributed by atoms with Gasteiger partial charge in [0.15, 0.2) is 0 Å². The van der Waals surface area contributed by atoms with Crippen LogP contribution in [0, 0.1) is 11.8 Å². The predicted octanol–water partition coefficient (Wildman–Crippen LogP) is 4.77. The highest BCUT2D eigenvalue weighted by Gasteiger charge is 2.39. The van der Waals surface area contributed by atoms with Crippen LogP contribution in [0.2, 0.25) is 0 Å². The molecule has 0 aromatic rings. The highest BCUT2D eigenvalue weighted by Crippen LogP contribution is 2.32. The quantitative estimate of drug-likeness (QED) is 0.0991. The van der Waals surface area contributed by atoms with Gasteiger partial charge in [-0.15, -0.1) is 0 Å². The van der Waals surface area contributed by atoms with Gasteiger partial charge in [0.1, 0.15) is 5.84 Å².